The molecule has 0 N–H and O–H groups in total. The van der Waals surface area contributed by atoms with Crippen LogP contribution in [0.2, 0.25) is 0 Å². The van der Waals surface area contributed by atoms with Crippen molar-refractivity contribution < 1.29 is 19.0 Å². The van der Waals surface area contributed by atoms with Gasteiger partial charge in [-0.15, -0.1) is 0 Å². The molecule has 24 heavy (non-hydrogen) atoms. The third-order valence-electron chi connectivity index (χ3n) is 6.78. The summed E-state index contributed by atoms with van der Waals surface area (Å²) in [6, 6.07) is 0. The smallest absolute Gasteiger partial charge is 0.161 e. The molecule has 0 aliphatic carbocycles. The van der Waals surface area contributed by atoms with E-state index in [0.717, 1.165) is 6.42 Å². The van der Waals surface area contributed by atoms with E-state index in [9.17, 15) is 4.79 Å². The van der Waals surface area contributed by atoms with Gasteiger partial charge in [0.1, 0.15) is 6.10 Å². The molecule has 4 heteroatoms. The number of ether oxygens (including phenoxy) is 3. The van der Waals surface area contributed by atoms with Crippen LogP contribution in [0.1, 0.15) is 61.8 Å². The van der Waals surface area contributed by atoms with Gasteiger partial charge in [-0.2, -0.15) is 0 Å². The summed E-state index contributed by atoms with van der Waals surface area (Å²) in [5.41, 5.74) is 0. The molecule has 0 aromatic carbocycles. The molecule has 2 rings (SSSR count). The third kappa shape index (κ3) is 3.71. The first kappa shape index (κ1) is 19.9. The Morgan fingerprint density at radius 2 is 1.50 bits per heavy atom. The molecule has 0 amide bonds. The van der Waals surface area contributed by atoms with Gasteiger partial charge in [0.2, 0.25) is 0 Å². The zero-order valence-electron chi connectivity index (χ0n) is 16.6. The molecular formula is C20H36O4. The van der Waals surface area contributed by atoms with Crippen LogP contribution in [0.25, 0.3) is 0 Å². The number of hydrogen-bond donors (Lipinski definition) is 0. The maximum absolute atomic E-state index is 12.0. The molecule has 4 nitrogen and oxygen atoms in total. The minimum atomic E-state index is -0.363. The lowest BCUT2D eigenvalue weighted by Crippen LogP contribution is -2.54. The first-order valence-electron chi connectivity index (χ1n) is 9.65. The Hall–Kier alpha value is -0.450. The van der Waals surface area contributed by atoms with Crippen molar-refractivity contribution in [1.82, 2.24) is 0 Å². The van der Waals surface area contributed by atoms with Crippen molar-refractivity contribution in [2.24, 2.45) is 29.6 Å². The van der Waals surface area contributed by atoms with Gasteiger partial charge in [-0.25, -0.2) is 0 Å². The Kier molecular flexibility index (Phi) is 6.49. The average molecular weight is 341 g/mol. The minimum Gasteiger partial charge on any atom is -0.372 e. The molecule has 2 aliphatic rings. The van der Waals surface area contributed by atoms with E-state index >= 15 is 0 Å². The fourth-order valence-corrected chi connectivity index (χ4v) is 4.25. The standard InChI is InChI=1S/C20H36O4/c1-9-17-19(13(5)11(3)16(8)22-17)24-20-14(6)10(2)12(4)18(23-20)15(7)21/h10-14,16-20H,9H2,1-8H3/t10-,11-,12+,13?,14?,16?,17?,18?,19-,20-/m0/s1. The summed E-state index contributed by atoms with van der Waals surface area (Å²) in [5, 5.41) is 0. The molecule has 0 spiro atoms. The average Bonchev–Trinajstić information content (AvgIpc) is 2.54. The fourth-order valence-electron chi connectivity index (χ4n) is 4.25. The molecule has 5 unspecified atom stereocenters. The van der Waals surface area contributed by atoms with Gasteiger partial charge in [0.05, 0.1) is 18.3 Å². The summed E-state index contributed by atoms with van der Waals surface area (Å²) in [4.78, 5) is 12.0. The van der Waals surface area contributed by atoms with Crippen molar-refractivity contribution in [3.63, 3.8) is 0 Å². The predicted octanol–water partition coefficient (Wildman–Crippen LogP) is 4.06. The predicted molar refractivity (Wildman–Crippen MR) is 94.7 cm³/mol. The summed E-state index contributed by atoms with van der Waals surface area (Å²) in [6.07, 6.45) is 0.580. The van der Waals surface area contributed by atoms with Crippen LogP contribution in [-0.2, 0) is 19.0 Å². The van der Waals surface area contributed by atoms with Crippen LogP contribution < -0.4 is 0 Å². The molecule has 0 aromatic rings. The van der Waals surface area contributed by atoms with Crippen molar-refractivity contribution in [3.05, 3.63) is 0 Å². The Morgan fingerprint density at radius 3 is 2.04 bits per heavy atom. The fraction of sp³-hybridized carbons (Fsp3) is 0.950. The molecule has 0 radical (unpaired) electrons. The van der Waals surface area contributed by atoms with Gasteiger partial charge in [0, 0.05) is 5.92 Å². The zero-order chi connectivity index (χ0) is 18.2. The molecule has 0 saturated carbocycles. The van der Waals surface area contributed by atoms with Crippen molar-refractivity contribution in [2.75, 3.05) is 0 Å². The SMILES string of the molecule is CCC1OC(C)[C@@H](C)C(C)[C@@H]1O[C@@H]1OC(C(C)=O)[C@H](C)[C@H](C)C1C. The number of carbonyl (C=O) groups excluding carboxylic acids is 1. The maximum Gasteiger partial charge on any atom is 0.161 e. The van der Waals surface area contributed by atoms with E-state index < -0.39 is 0 Å². The molecule has 140 valence electrons. The van der Waals surface area contributed by atoms with Crippen LogP contribution >= 0.6 is 0 Å². The number of carbonyl (C=O) groups is 1. The number of ketones is 1. The van der Waals surface area contributed by atoms with Crippen LogP contribution in [-0.4, -0.2) is 36.5 Å². The Labute approximate surface area is 147 Å². The molecule has 0 aromatic heterocycles. The lowest BCUT2D eigenvalue weighted by molar-refractivity contribution is -0.294. The first-order valence-corrected chi connectivity index (χ1v) is 9.65. The van der Waals surface area contributed by atoms with Crippen LogP contribution in [0.4, 0.5) is 0 Å². The molecule has 2 aliphatic heterocycles. The number of Topliss-reactive ketones (excluding diaryl/α,β-unsaturated/α-hetero) is 1. The van der Waals surface area contributed by atoms with E-state index in [-0.39, 0.29) is 48.3 Å². The van der Waals surface area contributed by atoms with Crippen LogP contribution in [0.3, 0.4) is 0 Å². The molecular weight excluding hydrogens is 304 g/mol. The van der Waals surface area contributed by atoms with Crippen molar-refractivity contribution >= 4 is 5.78 Å². The van der Waals surface area contributed by atoms with E-state index in [1.54, 1.807) is 6.92 Å². The van der Waals surface area contributed by atoms with Gasteiger partial charge in [0.25, 0.3) is 0 Å². The topological polar surface area (TPSA) is 44.8 Å². The largest absolute Gasteiger partial charge is 0.372 e. The lowest BCUT2D eigenvalue weighted by atomic mass is 9.77. The van der Waals surface area contributed by atoms with Gasteiger partial charge in [-0.3, -0.25) is 4.79 Å². The van der Waals surface area contributed by atoms with Crippen molar-refractivity contribution in [1.29, 1.82) is 0 Å². The Bertz CT molecular complexity index is 435. The van der Waals surface area contributed by atoms with E-state index in [1.807, 2.05) is 0 Å². The van der Waals surface area contributed by atoms with Crippen molar-refractivity contribution in [2.45, 2.75) is 92.5 Å². The van der Waals surface area contributed by atoms with Gasteiger partial charge >= 0.3 is 0 Å². The monoisotopic (exact) mass is 340 g/mol. The minimum absolute atomic E-state index is 0.0156. The van der Waals surface area contributed by atoms with E-state index in [0.29, 0.717) is 17.8 Å². The highest BCUT2D eigenvalue weighted by molar-refractivity contribution is 5.80. The maximum atomic E-state index is 12.0. The van der Waals surface area contributed by atoms with Gasteiger partial charge in [0.15, 0.2) is 12.1 Å². The van der Waals surface area contributed by atoms with Crippen LogP contribution in [0.5, 0.6) is 0 Å². The van der Waals surface area contributed by atoms with Crippen LogP contribution in [0.15, 0.2) is 0 Å². The second-order valence-corrected chi connectivity index (χ2v) is 8.22. The summed E-state index contributed by atoms with van der Waals surface area (Å²) >= 11 is 0. The molecule has 2 heterocycles. The first-order chi connectivity index (χ1) is 11.2. The van der Waals surface area contributed by atoms with Crippen LogP contribution in [0, 0.1) is 29.6 Å². The number of hydrogen-bond acceptors (Lipinski definition) is 4. The lowest BCUT2D eigenvalue weighted by Gasteiger charge is -2.48. The van der Waals surface area contributed by atoms with Crippen molar-refractivity contribution in [3.8, 4) is 0 Å². The van der Waals surface area contributed by atoms with E-state index in [1.165, 1.54) is 0 Å². The third-order valence-corrected chi connectivity index (χ3v) is 6.78. The molecule has 10 atom stereocenters. The van der Waals surface area contributed by atoms with Gasteiger partial charge in [-0.1, -0.05) is 41.5 Å². The number of rotatable bonds is 4. The quantitative estimate of drug-likeness (QED) is 0.774. The second kappa shape index (κ2) is 7.84. The van der Waals surface area contributed by atoms with E-state index in [4.69, 9.17) is 14.2 Å². The molecule has 0 bridgehead atoms. The molecule has 2 fully saturated rings. The summed E-state index contributed by atoms with van der Waals surface area (Å²) < 4.78 is 18.8. The Balaban J connectivity index is 2.16. The highest BCUT2D eigenvalue weighted by Gasteiger charge is 2.46. The molecule has 2 saturated heterocycles. The highest BCUT2D eigenvalue weighted by Crippen LogP contribution is 2.40. The summed E-state index contributed by atoms with van der Waals surface area (Å²) in [6.45, 7) is 16.9. The Morgan fingerprint density at radius 1 is 0.875 bits per heavy atom. The second-order valence-electron chi connectivity index (χ2n) is 8.22. The highest BCUT2D eigenvalue weighted by atomic mass is 16.7. The van der Waals surface area contributed by atoms with Gasteiger partial charge in [-0.05, 0) is 43.9 Å². The van der Waals surface area contributed by atoms with E-state index in [2.05, 4.69) is 48.5 Å². The van der Waals surface area contributed by atoms with Gasteiger partial charge < -0.3 is 14.2 Å². The summed E-state index contributed by atoms with van der Waals surface area (Å²) in [7, 11) is 0. The zero-order valence-corrected chi connectivity index (χ0v) is 16.6. The normalized spacial score (nSPS) is 49.8. The summed E-state index contributed by atoms with van der Waals surface area (Å²) in [5.74, 6) is 1.80.